The molecule has 2 N–H and O–H groups in total. The molecule has 4 heterocycles. The van der Waals surface area contributed by atoms with Gasteiger partial charge in [-0.1, -0.05) is 0 Å². The molecule has 0 spiro atoms. The smallest absolute Gasteiger partial charge is 0.331 e. The summed E-state index contributed by atoms with van der Waals surface area (Å²) < 4.78 is 19.1. The minimum Gasteiger partial charge on any atom is -0.457 e. The molecule has 0 aliphatic carbocycles. The molecule has 10 heteroatoms. The first kappa shape index (κ1) is 24.3. The Bertz CT molecular complexity index is 1550. The van der Waals surface area contributed by atoms with Crippen LogP contribution in [0, 0.1) is 12.7 Å². The molecular weight excluding hydrogens is 505 g/mol. The highest BCUT2D eigenvalue weighted by molar-refractivity contribution is 7.21. The van der Waals surface area contributed by atoms with Gasteiger partial charge in [0, 0.05) is 18.8 Å². The predicted molar refractivity (Wildman–Crippen MR) is 146 cm³/mol. The highest BCUT2D eigenvalue weighted by Crippen LogP contribution is 2.46. The number of likely N-dealkylation sites (tertiary alicyclic amines) is 1. The van der Waals surface area contributed by atoms with E-state index in [1.54, 1.807) is 35.4 Å². The quantitative estimate of drug-likeness (QED) is 0.328. The molecule has 3 amide bonds. The number of aryl methyl sites for hydroxylation is 1. The largest absolute Gasteiger partial charge is 0.457 e. The van der Waals surface area contributed by atoms with Crippen LogP contribution in [0.3, 0.4) is 0 Å². The summed E-state index contributed by atoms with van der Waals surface area (Å²) in [5.74, 6) is 0.553. The van der Waals surface area contributed by atoms with Gasteiger partial charge >= 0.3 is 6.03 Å². The van der Waals surface area contributed by atoms with E-state index in [2.05, 4.69) is 27.6 Å². The second-order valence-corrected chi connectivity index (χ2v) is 10.7. The van der Waals surface area contributed by atoms with Crippen molar-refractivity contribution >= 4 is 50.6 Å². The maximum Gasteiger partial charge on any atom is 0.331 e. The first-order chi connectivity index (χ1) is 18.4. The van der Waals surface area contributed by atoms with Gasteiger partial charge in [0.15, 0.2) is 0 Å². The van der Waals surface area contributed by atoms with Gasteiger partial charge in [0.05, 0.1) is 22.4 Å². The lowest BCUT2D eigenvalue weighted by molar-refractivity contribution is 0.0917. The predicted octanol–water partition coefficient (Wildman–Crippen LogP) is 6.04. The molecule has 1 atom stereocenters. The second kappa shape index (κ2) is 9.70. The number of halogens is 1. The number of piperidine rings is 1. The Morgan fingerprint density at radius 1 is 1.16 bits per heavy atom. The van der Waals surface area contributed by atoms with Crippen molar-refractivity contribution in [1.29, 1.82) is 0 Å². The molecule has 2 aliphatic rings. The lowest BCUT2D eigenvalue weighted by atomic mass is 10.1. The van der Waals surface area contributed by atoms with Gasteiger partial charge in [0.2, 0.25) is 0 Å². The monoisotopic (exact) mass is 531 g/mol. The Morgan fingerprint density at radius 3 is 2.71 bits per heavy atom. The number of pyridine rings is 1. The Hall–Kier alpha value is -4.02. The van der Waals surface area contributed by atoms with E-state index in [4.69, 9.17) is 4.74 Å². The average Bonchev–Trinajstić information content (AvgIpc) is 3.26. The highest BCUT2D eigenvalue weighted by Gasteiger charge is 2.34. The maximum absolute atomic E-state index is 13.5. The first-order valence-corrected chi connectivity index (χ1v) is 13.2. The Morgan fingerprint density at radius 2 is 1.95 bits per heavy atom. The zero-order chi connectivity index (χ0) is 26.4. The molecule has 6 rings (SSSR count). The number of hydrogen-bond acceptors (Lipinski definition) is 6. The third-order valence-electron chi connectivity index (χ3n) is 6.87. The zero-order valence-corrected chi connectivity index (χ0v) is 21.8. The lowest BCUT2D eigenvalue weighted by Gasteiger charge is -2.31. The van der Waals surface area contributed by atoms with E-state index >= 15 is 0 Å². The summed E-state index contributed by atoms with van der Waals surface area (Å²) in [6.45, 7) is 3.72. The van der Waals surface area contributed by atoms with Gasteiger partial charge in [-0.25, -0.2) is 14.2 Å². The summed E-state index contributed by atoms with van der Waals surface area (Å²) >= 11 is 1.28. The van der Waals surface area contributed by atoms with Crippen molar-refractivity contribution in [2.45, 2.75) is 25.8 Å². The van der Waals surface area contributed by atoms with Gasteiger partial charge < -0.3 is 20.3 Å². The van der Waals surface area contributed by atoms with Gasteiger partial charge in [-0.2, -0.15) is 0 Å². The molecule has 194 valence electrons. The molecule has 0 bridgehead atoms. The number of carbonyl (C=O) groups excluding carboxylic acids is 2. The second-order valence-electron chi connectivity index (χ2n) is 9.66. The standard InChI is InChI=1S/C28H26FN5O3S/c1-16-14-20(37-19-7-5-17(29)6-8-19)9-10-21(16)34-22-11-12-30-27-23(22)24(32-28(34)36)25(38-27)26(35)31-18-4-3-13-33(2)15-18/h5-12,14,18H,3-4,13,15H2,1-2H3,(H,31,35)(H,32,36). The van der Waals surface area contributed by atoms with Crippen molar-refractivity contribution in [2.75, 3.05) is 30.4 Å². The van der Waals surface area contributed by atoms with Gasteiger partial charge in [-0.3, -0.25) is 9.69 Å². The molecule has 1 fully saturated rings. The van der Waals surface area contributed by atoms with Crippen LogP contribution < -0.4 is 20.3 Å². The number of hydrogen-bond donors (Lipinski definition) is 2. The van der Waals surface area contributed by atoms with Gasteiger partial charge in [-0.05, 0) is 87.5 Å². The number of nitrogens with one attached hydrogen (secondary N) is 2. The van der Waals surface area contributed by atoms with E-state index in [0.717, 1.165) is 36.9 Å². The third-order valence-corrected chi connectivity index (χ3v) is 7.97. The van der Waals surface area contributed by atoms with Crippen LogP contribution in [0.4, 0.5) is 26.2 Å². The number of ether oxygens (including phenoxy) is 1. The molecule has 2 aliphatic heterocycles. The van der Waals surface area contributed by atoms with Crippen LogP contribution in [0.5, 0.6) is 11.5 Å². The van der Waals surface area contributed by atoms with Crippen LogP contribution in [0.2, 0.25) is 0 Å². The number of urea groups is 1. The fraction of sp³-hybridized carbons (Fsp3) is 0.250. The topological polar surface area (TPSA) is 86.8 Å². The number of benzene rings is 2. The molecule has 2 aromatic carbocycles. The number of thiophene rings is 1. The molecule has 2 aromatic heterocycles. The maximum atomic E-state index is 13.5. The van der Waals surface area contributed by atoms with Crippen LogP contribution in [-0.4, -0.2) is 48.0 Å². The molecule has 8 nitrogen and oxygen atoms in total. The SMILES string of the molecule is Cc1cc(Oc2ccc(F)cc2)ccc1N1C(=O)Nc2c(C(=O)NC3CCCN(C)C3)sc3nccc1c23. The van der Waals surface area contributed by atoms with Crippen molar-refractivity contribution in [2.24, 2.45) is 0 Å². The summed E-state index contributed by atoms with van der Waals surface area (Å²) in [6, 6.07) is 12.7. The van der Waals surface area contributed by atoms with E-state index in [1.807, 2.05) is 19.1 Å². The van der Waals surface area contributed by atoms with E-state index in [9.17, 15) is 14.0 Å². The van der Waals surface area contributed by atoms with Crippen LogP contribution in [0.25, 0.3) is 10.2 Å². The van der Waals surface area contributed by atoms with E-state index in [0.29, 0.717) is 38.3 Å². The number of likely N-dealkylation sites (N-methyl/N-ethyl adjacent to an activating group) is 1. The van der Waals surface area contributed by atoms with E-state index in [-0.39, 0.29) is 23.8 Å². The fourth-order valence-corrected chi connectivity index (χ4v) is 6.12. The highest BCUT2D eigenvalue weighted by atomic mass is 32.1. The normalized spacial score (nSPS) is 17.4. The van der Waals surface area contributed by atoms with Gasteiger partial charge in [-0.15, -0.1) is 11.3 Å². The molecule has 38 heavy (non-hydrogen) atoms. The molecular formula is C28H26FN5O3S. The summed E-state index contributed by atoms with van der Waals surface area (Å²) in [4.78, 5) is 36.2. The van der Waals surface area contributed by atoms with Crippen LogP contribution in [-0.2, 0) is 0 Å². The number of nitrogens with zero attached hydrogens (tertiary/aromatic N) is 3. The summed E-state index contributed by atoms with van der Waals surface area (Å²) in [5.41, 5.74) is 2.65. The van der Waals surface area contributed by atoms with Gasteiger partial charge in [0.25, 0.3) is 5.91 Å². The van der Waals surface area contributed by atoms with Crippen molar-refractivity contribution in [1.82, 2.24) is 15.2 Å². The molecule has 4 aromatic rings. The van der Waals surface area contributed by atoms with Crippen LogP contribution in [0.1, 0.15) is 28.1 Å². The minimum absolute atomic E-state index is 0.0696. The zero-order valence-electron chi connectivity index (χ0n) is 21.0. The molecule has 1 unspecified atom stereocenters. The Balaban J connectivity index is 1.32. The summed E-state index contributed by atoms with van der Waals surface area (Å²) in [7, 11) is 2.05. The number of amides is 3. The lowest BCUT2D eigenvalue weighted by Crippen LogP contribution is -2.46. The summed E-state index contributed by atoms with van der Waals surface area (Å²) in [6.07, 6.45) is 3.62. The number of rotatable bonds is 5. The molecule has 1 saturated heterocycles. The van der Waals surface area contributed by atoms with Gasteiger partial charge in [0.1, 0.15) is 27.0 Å². The van der Waals surface area contributed by atoms with Crippen molar-refractivity contribution < 1.29 is 18.7 Å². The first-order valence-electron chi connectivity index (χ1n) is 12.4. The number of anilines is 3. The van der Waals surface area contributed by atoms with Crippen molar-refractivity contribution in [3.63, 3.8) is 0 Å². The molecule has 0 radical (unpaired) electrons. The average molecular weight is 532 g/mol. The number of carbonyl (C=O) groups is 2. The van der Waals surface area contributed by atoms with Crippen LogP contribution in [0.15, 0.2) is 54.7 Å². The van der Waals surface area contributed by atoms with E-state index in [1.165, 1.54) is 23.5 Å². The fourth-order valence-electron chi connectivity index (χ4n) is 5.10. The number of aromatic nitrogens is 1. The minimum atomic E-state index is -0.356. The summed E-state index contributed by atoms with van der Waals surface area (Å²) in [5, 5.41) is 6.84. The van der Waals surface area contributed by atoms with E-state index < -0.39 is 0 Å². The Labute approximate surface area is 223 Å². The van der Waals surface area contributed by atoms with Crippen molar-refractivity contribution in [3.05, 3.63) is 71.0 Å². The molecule has 0 saturated carbocycles. The Kier molecular flexibility index (Phi) is 6.21. The van der Waals surface area contributed by atoms with Crippen LogP contribution >= 0.6 is 11.3 Å². The third kappa shape index (κ3) is 4.46. The van der Waals surface area contributed by atoms with Crippen molar-refractivity contribution in [3.8, 4) is 11.5 Å².